The maximum absolute atomic E-state index is 10.4. The number of phenols is 1. The first-order chi connectivity index (χ1) is 12.6. The summed E-state index contributed by atoms with van der Waals surface area (Å²) in [6, 6.07) is 5.58. The third-order valence-electron chi connectivity index (χ3n) is 4.57. The van der Waals surface area contributed by atoms with Gasteiger partial charge in [0.05, 0.1) is 6.61 Å². The number of ether oxygens (including phenoxy) is 1. The number of hydrogen-bond donors (Lipinski definition) is 2. The second-order valence-electron chi connectivity index (χ2n) is 7.11. The number of phenolic OH excluding ortho intramolecular Hbond substituents is 1. The number of carbonyl (C=O) groups is 1. The van der Waals surface area contributed by atoms with Gasteiger partial charge in [-0.05, 0) is 43.4 Å². The molecule has 4 heteroatoms. The van der Waals surface area contributed by atoms with E-state index >= 15 is 0 Å². The molecule has 0 bridgehead atoms. The Bertz CT molecular complexity index is 499. The minimum absolute atomic E-state index is 0.289. The summed E-state index contributed by atoms with van der Waals surface area (Å²) >= 11 is 0. The molecule has 2 N–H and O–H groups in total. The lowest BCUT2D eigenvalue weighted by molar-refractivity contribution is -0.137. The molecule has 0 saturated heterocycles. The van der Waals surface area contributed by atoms with Gasteiger partial charge in [-0.2, -0.15) is 0 Å². The summed E-state index contributed by atoms with van der Waals surface area (Å²) in [5.74, 6) is 0.372. The Hall–Kier alpha value is -1.71. The monoisotopic (exact) mass is 364 g/mol. The van der Waals surface area contributed by atoms with Crippen LogP contribution in [0.5, 0.6) is 11.5 Å². The van der Waals surface area contributed by atoms with Gasteiger partial charge in [0.25, 0.3) is 0 Å². The third-order valence-corrected chi connectivity index (χ3v) is 4.57. The molecule has 0 spiro atoms. The van der Waals surface area contributed by atoms with E-state index in [4.69, 9.17) is 9.84 Å². The van der Waals surface area contributed by atoms with E-state index < -0.39 is 5.97 Å². The summed E-state index contributed by atoms with van der Waals surface area (Å²) in [7, 11) is 0. The fraction of sp³-hybridized carbons (Fsp3) is 0.682. The van der Waals surface area contributed by atoms with Crippen molar-refractivity contribution in [2.24, 2.45) is 0 Å². The fourth-order valence-corrected chi connectivity index (χ4v) is 3.08. The van der Waals surface area contributed by atoms with Gasteiger partial charge in [0.15, 0.2) is 0 Å². The molecule has 0 amide bonds. The Kier molecular flexibility index (Phi) is 12.4. The van der Waals surface area contributed by atoms with Gasteiger partial charge < -0.3 is 14.9 Å². The number of aromatic hydroxyl groups is 1. The largest absolute Gasteiger partial charge is 0.508 e. The first kappa shape index (κ1) is 22.3. The van der Waals surface area contributed by atoms with Crippen LogP contribution in [-0.4, -0.2) is 22.8 Å². The molecule has 4 nitrogen and oxygen atoms in total. The van der Waals surface area contributed by atoms with Crippen LogP contribution in [0.2, 0.25) is 0 Å². The van der Waals surface area contributed by atoms with E-state index in [1.165, 1.54) is 32.1 Å². The summed E-state index contributed by atoms with van der Waals surface area (Å²) in [6.07, 6.45) is 13.6. The lowest BCUT2D eigenvalue weighted by Crippen LogP contribution is -1.98. The van der Waals surface area contributed by atoms with Crippen molar-refractivity contribution in [2.45, 2.75) is 90.4 Å². The first-order valence-electron chi connectivity index (χ1n) is 10.3. The summed E-state index contributed by atoms with van der Waals surface area (Å²) in [5.41, 5.74) is 1.15. The van der Waals surface area contributed by atoms with E-state index in [0.29, 0.717) is 13.0 Å². The molecule has 0 fully saturated rings. The minimum Gasteiger partial charge on any atom is -0.508 e. The molecular weight excluding hydrogens is 328 g/mol. The average Bonchev–Trinajstić information content (AvgIpc) is 2.59. The number of unbranched alkanes of at least 4 members (excludes halogenated alkanes) is 9. The summed E-state index contributed by atoms with van der Waals surface area (Å²) in [5, 5.41) is 18.4. The zero-order chi connectivity index (χ0) is 19.0. The number of aliphatic carboxylic acids is 1. The summed E-state index contributed by atoms with van der Waals surface area (Å²) < 4.78 is 5.80. The Morgan fingerprint density at radius 1 is 0.885 bits per heavy atom. The van der Waals surface area contributed by atoms with Crippen LogP contribution in [0.15, 0.2) is 18.2 Å². The number of hydrogen-bond acceptors (Lipinski definition) is 3. The molecule has 0 radical (unpaired) electrons. The van der Waals surface area contributed by atoms with Gasteiger partial charge in [-0.25, -0.2) is 0 Å². The van der Waals surface area contributed by atoms with Crippen LogP contribution in [0.1, 0.15) is 89.5 Å². The molecule has 0 aromatic heterocycles. The molecule has 0 aliphatic heterocycles. The molecule has 0 aliphatic carbocycles. The van der Waals surface area contributed by atoms with Crippen molar-refractivity contribution in [3.05, 3.63) is 23.8 Å². The Balaban J connectivity index is 2.06. The lowest BCUT2D eigenvalue weighted by atomic mass is 10.1. The normalized spacial score (nSPS) is 10.8. The smallest absolute Gasteiger partial charge is 0.303 e. The molecule has 0 atom stereocenters. The first-order valence-corrected chi connectivity index (χ1v) is 10.3. The highest BCUT2D eigenvalue weighted by molar-refractivity contribution is 5.66. The van der Waals surface area contributed by atoms with Crippen molar-refractivity contribution in [3.63, 3.8) is 0 Å². The van der Waals surface area contributed by atoms with Crippen LogP contribution in [-0.2, 0) is 11.2 Å². The van der Waals surface area contributed by atoms with Crippen LogP contribution >= 0.6 is 0 Å². The van der Waals surface area contributed by atoms with Gasteiger partial charge in [0.1, 0.15) is 11.5 Å². The minimum atomic E-state index is -0.690. The molecule has 1 aromatic carbocycles. The van der Waals surface area contributed by atoms with Gasteiger partial charge in [-0.3, -0.25) is 4.79 Å². The van der Waals surface area contributed by atoms with Crippen LogP contribution in [0.25, 0.3) is 0 Å². The second-order valence-corrected chi connectivity index (χ2v) is 7.11. The topological polar surface area (TPSA) is 66.8 Å². The highest BCUT2D eigenvalue weighted by Crippen LogP contribution is 2.23. The maximum atomic E-state index is 10.4. The SMILES string of the molecule is CCCCCc1cc(O)cc(OCCCCCCCCCCC(=O)O)c1. The molecule has 1 rings (SSSR count). The molecular formula is C22H36O4. The zero-order valence-corrected chi connectivity index (χ0v) is 16.3. The van der Waals surface area contributed by atoms with Crippen molar-refractivity contribution in [3.8, 4) is 11.5 Å². The van der Waals surface area contributed by atoms with Crippen molar-refractivity contribution in [2.75, 3.05) is 6.61 Å². The van der Waals surface area contributed by atoms with Crippen LogP contribution in [0, 0.1) is 0 Å². The van der Waals surface area contributed by atoms with Crippen molar-refractivity contribution in [1.29, 1.82) is 0 Å². The number of rotatable bonds is 16. The highest BCUT2D eigenvalue weighted by Gasteiger charge is 2.02. The number of aryl methyl sites for hydroxylation is 1. The second kappa shape index (κ2) is 14.5. The molecule has 0 heterocycles. The summed E-state index contributed by atoms with van der Waals surface area (Å²) in [4.78, 5) is 10.4. The Morgan fingerprint density at radius 2 is 1.54 bits per heavy atom. The van der Waals surface area contributed by atoms with Gasteiger partial charge in [0.2, 0.25) is 0 Å². The van der Waals surface area contributed by atoms with Gasteiger partial charge in [0, 0.05) is 12.5 Å². The standard InChI is InChI=1S/C22H36O4/c1-2-3-10-13-19-16-20(23)18-21(17-19)26-15-12-9-7-5-4-6-8-11-14-22(24)25/h16-18,23H,2-15H2,1H3,(H,24,25). The summed E-state index contributed by atoms with van der Waals surface area (Å²) in [6.45, 7) is 2.88. The lowest BCUT2D eigenvalue weighted by Gasteiger charge is -2.09. The maximum Gasteiger partial charge on any atom is 0.303 e. The number of carboxylic acid groups (broad SMARTS) is 1. The fourth-order valence-electron chi connectivity index (χ4n) is 3.08. The third kappa shape index (κ3) is 11.8. The predicted molar refractivity (Wildman–Crippen MR) is 106 cm³/mol. The molecule has 0 aliphatic rings. The van der Waals surface area contributed by atoms with Crippen molar-refractivity contribution >= 4 is 5.97 Å². The van der Waals surface area contributed by atoms with E-state index in [9.17, 15) is 9.90 Å². The molecule has 1 aromatic rings. The van der Waals surface area contributed by atoms with Crippen molar-refractivity contribution in [1.82, 2.24) is 0 Å². The van der Waals surface area contributed by atoms with E-state index in [2.05, 4.69) is 6.92 Å². The molecule has 0 saturated carbocycles. The van der Waals surface area contributed by atoms with Gasteiger partial charge >= 0.3 is 5.97 Å². The molecule has 0 unspecified atom stereocenters. The van der Waals surface area contributed by atoms with Crippen LogP contribution in [0.3, 0.4) is 0 Å². The van der Waals surface area contributed by atoms with Gasteiger partial charge in [-0.15, -0.1) is 0 Å². The van der Waals surface area contributed by atoms with E-state index in [1.54, 1.807) is 6.07 Å². The highest BCUT2D eigenvalue weighted by atomic mass is 16.5. The van der Waals surface area contributed by atoms with E-state index in [1.807, 2.05) is 12.1 Å². The predicted octanol–water partition coefficient (Wildman–Crippen LogP) is 6.10. The van der Waals surface area contributed by atoms with Crippen LogP contribution in [0.4, 0.5) is 0 Å². The molecule has 148 valence electrons. The van der Waals surface area contributed by atoms with Crippen LogP contribution < -0.4 is 4.74 Å². The number of carboxylic acids is 1. The quantitative estimate of drug-likeness (QED) is 0.348. The zero-order valence-electron chi connectivity index (χ0n) is 16.3. The van der Waals surface area contributed by atoms with Gasteiger partial charge in [-0.1, -0.05) is 58.3 Å². The van der Waals surface area contributed by atoms with Crippen molar-refractivity contribution < 1.29 is 19.7 Å². The van der Waals surface area contributed by atoms with E-state index in [-0.39, 0.29) is 5.75 Å². The Morgan fingerprint density at radius 3 is 2.19 bits per heavy atom. The Labute approximate surface area is 158 Å². The average molecular weight is 365 g/mol. The van der Waals surface area contributed by atoms with E-state index in [0.717, 1.165) is 56.3 Å². The number of benzene rings is 1. The molecule has 26 heavy (non-hydrogen) atoms.